The highest BCUT2D eigenvalue weighted by Gasteiger charge is 2.20. The molecule has 2 heterocycles. The van der Waals surface area contributed by atoms with E-state index in [1.165, 1.54) is 12.8 Å². The third-order valence-corrected chi connectivity index (χ3v) is 3.48. The lowest BCUT2D eigenvalue weighted by atomic mass is 10.3. The van der Waals surface area contributed by atoms with Crippen molar-refractivity contribution in [3.63, 3.8) is 0 Å². The van der Waals surface area contributed by atoms with Crippen LogP contribution < -0.4 is 10.1 Å². The summed E-state index contributed by atoms with van der Waals surface area (Å²) in [7, 11) is 0. The second-order valence-electron chi connectivity index (χ2n) is 4.67. The number of hydrogen-bond acceptors (Lipinski definition) is 4. The van der Waals surface area contributed by atoms with E-state index < -0.39 is 0 Å². The van der Waals surface area contributed by atoms with Gasteiger partial charge in [0, 0.05) is 30.9 Å². The summed E-state index contributed by atoms with van der Waals surface area (Å²) < 4.78 is 5.63. The standard InChI is InChI=1S/C14H13Cl2N3O/c15-9-5-11(7-17-6-9)20-14-4-3-12(16)13(19-14)8-18-10-1-2-10/h3-7,10,18H,1-2,8H2. The first-order chi connectivity index (χ1) is 9.70. The number of ether oxygens (including phenoxy) is 1. The van der Waals surface area contributed by atoms with Crippen molar-refractivity contribution in [3.8, 4) is 11.6 Å². The highest BCUT2D eigenvalue weighted by molar-refractivity contribution is 6.31. The van der Waals surface area contributed by atoms with Gasteiger partial charge in [-0.2, -0.15) is 0 Å². The molecule has 6 heteroatoms. The lowest BCUT2D eigenvalue weighted by molar-refractivity contribution is 0.457. The predicted molar refractivity (Wildman–Crippen MR) is 78.4 cm³/mol. The Morgan fingerprint density at radius 2 is 2.10 bits per heavy atom. The second-order valence-corrected chi connectivity index (χ2v) is 5.52. The van der Waals surface area contributed by atoms with Crippen molar-refractivity contribution in [3.05, 3.63) is 46.3 Å². The Morgan fingerprint density at radius 1 is 1.25 bits per heavy atom. The van der Waals surface area contributed by atoms with E-state index in [0.29, 0.717) is 34.3 Å². The summed E-state index contributed by atoms with van der Waals surface area (Å²) in [6.45, 7) is 0.647. The van der Waals surface area contributed by atoms with Gasteiger partial charge in [0.15, 0.2) is 0 Å². The second kappa shape index (κ2) is 5.95. The summed E-state index contributed by atoms with van der Waals surface area (Å²) in [4.78, 5) is 8.37. The normalized spacial score (nSPS) is 14.3. The summed E-state index contributed by atoms with van der Waals surface area (Å²) in [5, 5.41) is 4.53. The monoisotopic (exact) mass is 309 g/mol. The molecule has 0 atom stereocenters. The molecule has 0 amide bonds. The average molecular weight is 310 g/mol. The number of rotatable bonds is 5. The van der Waals surface area contributed by atoms with Gasteiger partial charge in [0.1, 0.15) is 5.75 Å². The number of halogens is 2. The molecule has 0 spiro atoms. The van der Waals surface area contributed by atoms with E-state index in [9.17, 15) is 0 Å². The van der Waals surface area contributed by atoms with Gasteiger partial charge in [-0.3, -0.25) is 4.98 Å². The highest BCUT2D eigenvalue weighted by Crippen LogP contribution is 2.25. The fraction of sp³-hybridized carbons (Fsp3) is 0.286. The van der Waals surface area contributed by atoms with Crippen LogP contribution in [-0.4, -0.2) is 16.0 Å². The summed E-state index contributed by atoms with van der Waals surface area (Å²) >= 11 is 12.0. The minimum atomic E-state index is 0.478. The molecule has 104 valence electrons. The maximum absolute atomic E-state index is 6.14. The third-order valence-electron chi connectivity index (χ3n) is 2.93. The van der Waals surface area contributed by atoms with Crippen molar-refractivity contribution < 1.29 is 4.74 Å². The van der Waals surface area contributed by atoms with Gasteiger partial charge >= 0.3 is 0 Å². The van der Waals surface area contributed by atoms with E-state index in [2.05, 4.69) is 15.3 Å². The quantitative estimate of drug-likeness (QED) is 0.912. The fourth-order valence-electron chi connectivity index (χ4n) is 1.74. The van der Waals surface area contributed by atoms with Crippen molar-refractivity contribution in [2.75, 3.05) is 0 Å². The van der Waals surface area contributed by atoms with E-state index in [0.717, 1.165) is 5.69 Å². The van der Waals surface area contributed by atoms with Gasteiger partial charge in [-0.1, -0.05) is 23.2 Å². The first kappa shape index (κ1) is 13.6. The van der Waals surface area contributed by atoms with Crippen molar-refractivity contribution in [1.82, 2.24) is 15.3 Å². The molecule has 0 bridgehead atoms. The Morgan fingerprint density at radius 3 is 2.85 bits per heavy atom. The largest absolute Gasteiger partial charge is 0.437 e. The van der Waals surface area contributed by atoms with Crippen LogP contribution in [0.4, 0.5) is 0 Å². The smallest absolute Gasteiger partial charge is 0.219 e. The van der Waals surface area contributed by atoms with Gasteiger partial charge in [-0.15, -0.1) is 0 Å². The summed E-state index contributed by atoms with van der Waals surface area (Å²) in [6.07, 6.45) is 5.59. The first-order valence-electron chi connectivity index (χ1n) is 6.38. The fourth-order valence-corrected chi connectivity index (χ4v) is 2.08. The molecule has 0 radical (unpaired) electrons. The molecule has 1 aliphatic carbocycles. The van der Waals surface area contributed by atoms with Crippen molar-refractivity contribution in [1.29, 1.82) is 0 Å². The molecule has 0 aliphatic heterocycles. The van der Waals surface area contributed by atoms with Gasteiger partial charge in [0.25, 0.3) is 0 Å². The molecule has 2 aromatic heterocycles. The van der Waals surface area contributed by atoms with Crippen LogP contribution in [0.25, 0.3) is 0 Å². The van der Waals surface area contributed by atoms with Crippen molar-refractivity contribution in [2.24, 2.45) is 0 Å². The molecule has 0 aromatic carbocycles. The Bertz CT molecular complexity index is 617. The molecular weight excluding hydrogens is 297 g/mol. The van der Waals surface area contributed by atoms with E-state index in [-0.39, 0.29) is 0 Å². The number of nitrogens with zero attached hydrogens (tertiary/aromatic N) is 2. The van der Waals surface area contributed by atoms with E-state index in [4.69, 9.17) is 27.9 Å². The van der Waals surface area contributed by atoms with Gasteiger partial charge in [0.05, 0.1) is 21.9 Å². The minimum absolute atomic E-state index is 0.478. The number of pyridine rings is 2. The van der Waals surface area contributed by atoms with Crippen LogP contribution in [0.5, 0.6) is 11.6 Å². The topological polar surface area (TPSA) is 47.0 Å². The summed E-state index contributed by atoms with van der Waals surface area (Å²) in [6, 6.07) is 5.80. The van der Waals surface area contributed by atoms with Crippen LogP contribution in [0.3, 0.4) is 0 Å². The Hall–Kier alpha value is -1.36. The number of nitrogens with one attached hydrogen (secondary N) is 1. The molecule has 0 unspecified atom stereocenters. The van der Waals surface area contributed by atoms with E-state index in [1.807, 2.05) is 0 Å². The zero-order valence-electron chi connectivity index (χ0n) is 10.6. The minimum Gasteiger partial charge on any atom is -0.437 e. The summed E-state index contributed by atoms with van der Waals surface area (Å²) in [5.74, 6) is 1.03. The molecule has 1 aliphatic rings. The molecule has 0 saturated heterocycles. The molecule has 1 fully saturated rings. The molecule has 20 heavy (non-hydrogen) atoms. The highest BCUT2D eigenvalue weighted by atomic mass is 35.5. The van der Waals surface area contributed by atoms with Crippen molar-refractivity contribution in [2.45, 2.75) is 25.4 Å². The lowest BCUT2D eigenvalue weighted by Gasteiger charge is -2.09. The van der Waals surface area contributed by atoms with Crippen LogP contribution in [0.2, 0.25) is 10.0 Å². The van der Waals surface area contributed by atoms with Crippen LogP contribution in [0, 0.1) is 0 Å². The van der Waals surface area contributed by atoms with Crippen LogP contribution in [-0.2, 0) is 6.54 Å². The predicted octanol–water partition coefficient (Wildman–Crippen LogP) is 3.83. The lowest BCUT2D eigenvalue weighted by Crippen LogP contribution is -2.16. The SMILES string of the molecule is Clc1cncc(Oc2ccc(Cl)c(CNC3CC3)n2)c1. The van der Waals surface area contributed by atoms with Gasteiger partial charge in [-0.05, 0) is 18.9 Å². The first-order valence-corrected chi connectivity index (χ1v) is 7.13. The van der Waals surface area contributed by atoms with Crippen molar-refractivity contribution >= 4 is 23.2 Å². The molecule has 4 nitrogen and oxygen atoms in total. The summed E-state index contributed by atoms with van der Waals surface area (Å²) in [5.41, 5.74) is 0.783. The number of aromatic nitrogens is 2. The molecular formula is C14H13Cl2N3O. The van der Waals surface area contributed by atoms with Crippen LogP contribution >= 0.6 is 23.2 Å². The average Bonchev–Trinajstić information content (AvgIpc) is 3.23. The molecule has 1 N–H and O–H groups in total. The molecule has 1 saturated carbocycles. The maximum atomic E-state index is 6.14. The zero-order chi connectivity index (χ0) is 13.9. The van der Waals surface area contributed by atoms with Crippen LogP contribution in [0.15, 0.2) is 30.6 Å². The maximum Gasteiger partial charge on any atom is 0.219 e. The van der Waals surface area contributed by atoms with Gasteiger partial charge in [0.2, 0.25) is 5.88 Å². The number of hydrogen-bond donors (Lipinski definition) is 1. The molecule has 2 aromatic rings. The Kier molecular flexibility index (Phi) is 4.05. The third kappa shape index (κ3) is 3.60. The van der Waals surface area contributed by atoms with E-state index >= 15 is 0 Å². The van der Waals surface area contributed by atoms with Crippen LogP contribution in [0.1, 0.15) is 18.5 Å². The Labute approximate surface area is 127 Å². The zero-order valence-corrected chi connectivity index (χ0v) is 12.2. The Balaban J connectivity index is 1.73. The van der Waals surface area contributed by atoms with E-state index in [1.54, 1.807) is 30.6 Å². The van der Waals surface area contributed by atoms with Gasteiger partial charge < -0.3 is 10.1 Å². The molecule has 3 rings (SSSR count). The van der Waals surface area contributed by atoms with Gasteiger partial charge in [-0.25, -0.2) is 4.98 Å².